The van der Waals surface area contributed by atoms with Crippen molar-refractivity contribution in [3.8, 4) is 0 Å². The molecule has 69 heavy (non-hydrogen) atoms. The molecular formula is C56H109NO11S. The van der Waals surface area contributed by atoms with E-state index in [1.54, 1.807) is 0 Å². The van der Waals surface area contributed by atoms with E-state index in [0.29, 0.717) is 12.8 Å². The second-order valence-corrected chi connectivity index (χ2v) is 21.6. The first-order valence-electron chi connectivity index (χ1n) is 29.1. The standard InChI is InChI=1S/C56H109NO11S/c1-3-5-7-9-11-13-15-17-18-19-20-21-22-23-24-25-26-27-28-29-30-31-32-33-34-36-38-40-42-44-46-52(60)57-49(50(59)45-43-41-39-37-35-16-14-12-10-8-6-4-2)48-66-56-54(62)55(68-69(63,64)65)53(61)51(47-58)67-56/h23-24,49-51,53-56,58-59,61-62H,3-22,25-48H2,1-2H3,(H,57,60)(H,63,64,65)/b24-23-. The Balaban J connectivity index is 2.23. The lowest BCUT2D eigenvalue weighted by Crippen LogP contribution is -2.61. The first-order chi connectivity index (χ1) is 33.5. The summed E-state index contributed by atoms with van der Waals surface area (Å²) in [6.45, 7) is 3.47. The largest absolute Gasteiger partial charge is 0.397 e. The molecule has 0 aliphatic carbocycles. The fourth-order valence-electron chi connectivity index (χ4n) is 9.57. The molecule has 410 valence electrons. The summed E-state index contributed by atoms with van der Waals surface area (Å²) in [5, 5.41) is 45.0. The smallest absolute Gasteiger partial charge is 0.394 e. The number of rotatable bonds is 51. The zero-order valence-electron chi connectivity index (χ0n) is 44.4. The van der Waals surface area contributed by atoms with Gasteiger partial charge in [0, 0.05) is 6.42 Å². The van der Waals surface area contributed by atoms with E-state index >= 15 is 0 Å². The Labute approximate surface area is 423 Å². The van der Waals surface area contributed by atoms with Crippen LogP contribution in [0.5, 0.6) is 0 Å². The zero-order valence-corrected chi connectivity index (χ0v) is 45.2. The van der Waals surface area contributed by atoms with Crippen LogP contribution in [0.2, 0.25) is 0 Å². The van der Waals surface area contributed by atoms with Gasteiger partial charge in [-0.15, -0.1) is 0 Å². The number of hydrogen-bond donors (Lipinski definition) is 6. The Kier molecular flexibility index (Phi) is 44.5. The summed E-state index contributed by atoms with van der Waals surface area (Å²) in [5.74, 6) is -0.226. The average molecular weight is 1000 g/mol. The number of carbonyl (C=O) groups is 1. The Morgan fingerprint density at radius 1 is 0.565 bits per heavy atom. The van der Waals surface area contributed by atoms with Gasteiger partial charge in [-0.1, -0.05) is 251 Å². The van der Waals surface area contributed by atoms with Crippen molar-refractivity contribution in [2.24, 2.45) is 0 Å². The molecule has 1 aliphatic rings. The molecule has 1 fully saturated rings. The van der Waals surface area contributed by atoms with Crippen LogP contribution in [-0.4, -0.2) is 95.4 Å². The van der Waals surface area contributed by atoms with Crippen molar-refractivity contribution in [1.29, 1.82) is 0 Å². The van der Waals surface area contributed by atoms with E-state index in [-0.39, 0.29) is 12.5 Å². The molecule has 1 amide bonds. The lowest BCUT2D eigenvalue weighted by atomic mass is 9.99. The molecule has 1 saturated heterocycles. The molecule has 0 aromatic rings. The molecule has 12 nitrogen and oxygen atoms in total. The van der Waals surface area contributed by atoms with Crippen molar-refractivity contribution < 1.29 is 51.8 Å². The van der Waals surface area contributed by atoms with E-state index in [2.05, 4.69) is 35.5 Å². The highest BCUT2D eigenvalue weighted by molar-refractivity contribution is 7.80. The van der Waals surface area contributed by atoms with Crippen LogP contribution in [0.25, 0.3) is 0 Å². The minimum atomic E-state index is -5.08. The third kappa shape index (κ3) is 39.0. The lowest BCUT2D eigenvalue weighted by molar-refractivity contribution is -0.298. The van der Waals surface area contributed by atoms with Gasteiger partial charge in [0.05, 0.1) is 25.4 Å². The monoisotopic (exact) mass is 1000 g/mol. The molecule has 0 aromatic carbocycles. The van der Waals surface area contributed by atoms with Crippen LogP contribution >= 0.6 is 0 Å². The van der Waals surface area contributed by atoms with Gasteiger partial charge >= 0.3 is 10.4 Å². The number of carbonyl (C=O) groups excluding carboxylic acids is 1. The Hall–Kier alpha value is -1.16. The Morgan fingerprint density at radius 2 is 0.928 bits per heavy atom. The summed E-state index contributed by atoms with van der Waals surface area (Å²) in [7, 11) is -5.08. The van der Waals surface area contributed by atoms with Crippen molar-refractivity contribution in [3.63, 3.8) is 0 Å². The van der Waals surface area contributed by atoms with Gasteiger partial charge < -0.3 is 35.2 Å². The molecule has 7 unspecified atom stereocenters. The number of allylic oxidation sites excluding steroid dienone is 2. The number of aliphatic hydroxyl groups is 4. The van der Waals surface area contributed by atoms with Gasteiger partial charge in [0.25, 0.3) is 0 Å². The maximum atomic E-state index is 13.1. The second-order valence-electron chi connectivity index (χ2n) is 20.6. The molecule has 1 heterocycles. The molecule has 1 aliphatic heterocycles. The SMILES string of the molecule is CCCCCCCCCCCCCC/C=C\CCCCCCCCCCCCCCCCC(=O)NC(COC1OC(CO)C(O)C(OS(=O)(=O)O)C1O)C(O)CCCCCCCCCCCCCC. The van der Waals surface area contributed by atoms with Crippen LogP contribution in [0.4, 0.5) is 0 Å². The van der Waals surface area contributed by atoms with Crippen LogP contribution in [0.1, 0.15) is 284 Å². The van der Waals surface area contributed by atoms with Crippen molar-refractivity contribution in [1.82, 2.24) is 5.32 Å². The molecule has 0 saturated carbocycles. The molecule has 6 N–H and O–H groups in total. The van der Waals surface area contributed by atoms with Crippen LogP contribution in [-0.2, 0) is 28.9 Å². The molecule has 13 heteroatoms. The van der Waals surface area contributed by atoms with Gasteiger partial charge in [0.1, 0.15) is 24.4 Å². The number of ether oxygens (including phenoxy) is 2. The van der Waals surface area contributed by atoms with Crippen molar-refractivity contribution >= 4 is 16.3 Å². The minimum Gasteiger partial charge on any atom is -0.394 e. The van der Waals surface area contributed by atoms with Crippen LogP contribution in [0.15, 0.2) is 12.2 Å². The average Bonchev–Trinajstić information content (AvgIpc) is 3.32. The maximum absolute atomic E-state index is 13.1. The van der Waals surface area contributed by atoms with E-state index in [1.807, 2.05) is 0 Å². The summed E-state index contributed by atoms with van der Waals surface area (Å²) in [6, 6.07) is -0.854. The molecule has 0 spiro atoms. The second kappa shape index (κ2) is 46.6. The minimum absolute atomic E-state index is 0.226. The van der Waals surface area contributed by atoms with Gasteiger partial charge in [-0.3, -0.25) is 9.35 Å². The lowest BCUT2D eigenvalue weighted by Gasteiger charge is -2.41. The molecule has 0 aromatic heterocycles. The Bertz CT molecular complexity index is 1270. The summed E-state index contributed by atoms with van der Waals surface area (Å²) in [5.41, 5.74) is 0. The number of nitrogens with one attached hydrogen (secondary N) is 1. The van der Waals surface area contributed by atoms with Crippen molar-refractivity contribution in [2.75, 3.05) is 13.2 Å². The van der Waals surface area contributed by atoms with Crippen molar-refractivity contribution in [2.45, 2.75) is 326 Å². The summed E-state index contributed by atoms with van der Waals surface area (Å²) >= 11 is 0. The molecule has 0 radical (unpaired) electrons. The molecule has 0 bridgehead atoms. The van der Waals surface area contributed by atoms with Crippen LogP contribution in [0.3, 0.4) is 0 Å². The third-order valence-electron chi connectivity index (χ3n) is 14.1. The summed E-state index contributed by atoms with van der Waals surface area (Å²) in [4.78, 5) is 13.1. The van der Waals surface area contributed by atoms with Crippen LogP contribution < -0.4 is 5.32 Å². The number of aliphatic hydroxyl groups excluding tert-OH is 4. The summed E-state index contributed by atoms with van der Waals surface area (Å²) in [6.07, 6.45) is 46.7. The first-order valence-corrected chi connectivity index (χ1v) is 30.4. The number of amides is 1. The van der Waals surface area contributed by atoms with Gasteiger partial charge in [0.2, 0.25) is 5.91 Å². The highest BCUT2D eigenvalue weighted by atomic mass is 32.3. The first kappa shape index (κ1) is 65.9. The third-order valence-corrected chi connectivity index (χ3v) is 14.5. The Morgan fingerprint density at radius 3 is 1.30 bits per heavy atom. The topological polar surface area (TPSA) is 192 Å². The molecule has 1 rings (SSSR count). The van der Waals surface area contributed by atoms with Gasteiger partial charge in [-0.25, -0.2) is 4.18 Å². The fraction of sp³-hybridized carbons (Fsp3) is 0.946. The van der Waals surface area contributed by atoms with E-state index < -0.39 is 59.9 Å². The fourth-order valence-corrected chi connectivity index (χ4v) is 10.1. The number of hydrogen-bond acceptors (Lipinski definition) is 10. The van der Waals surface area contributed by atoms with E-state index in [1.165, 1.54) is 205 Å². The highest BCUT2D eigenvalue weighted by Gasteiger charge is 2.48. The zero-order chi connectivity index (χ0) is 50.5. The van der Waals surface area contributed by atoms with E-state index in [9.17, 15) is 38.2 Å². The quantitative estimate of drug-likeness (QED) is 0.0193. The highest BCUT2D eigenvalue weighted by Crippen LogP contribution is 2.26. The van der Waals surface area contributed by atoms with Gasteiger partial charge in [-0.05, 0) is 38.5 Å². The van der Waals surface area contributed by atoms with E-state index in [4.69, 9.17) is 9.47 Å². The van der Waals surface area contributed by atoms with Gasteiger partial charge in [-0.2, -0.15) is 8.42 Å². The maximum Gasteiger partial charge on any atom is 0.397 e. The molecular weight excluding hydrogens is 895 g/mol. The normalized spacial score (nSPS) is 19.7. The van der Waals surface area contributed by atoms with Crippen LogP contribution in [0, 0.1) is 0 Å². The molecule has 7 atom stereocenters. The van der Waals surface area contributed by atoms with Crippen molar-refractivity contribution in [3.05, 3.63) is 12.2 Å². The van der Waals surface area contributed by atoms with E-state index in [0.717, 1.165) is 51.4 Å². The predicted molar refractivity (Wildman–Crippen MR) is 282 cm³/mol. The van der Waals surface area contributed by atoms with Gasteiger partial charge in [0.15, 0.2) is 6.29 Å². The summed E-state index contributed by atoms with van der Waals surface area (Å²) < 4.78 is 47.8. The predicted octanol–water partition coefficient (Wildman–Crippen LogP) is 13.5. The number of unbranched alkanes of at least 4 members (excludes halogenated alkanes) is 37.